The van der Waals surface area contributed by atoms with Gasteiger partial charge in [0.25, 0.3) is 5.91 Å². The Hall–Kier alpha value is -3.44. The molecule has 0 unspecified atom stereocenters. The maximum absolute atomic E-state index is 12.9. The van der Waals surface area contributed by atoms with Gasteiger partial charge in [0.1, 0.15) is 11.2 Å². The summed E-state index contributed by atoms with van der Waals surface area (Å²) in [6, 6.07) is 9.62. The lowest BCUT2D eigenvalue weighted by molar-refractivity contribution is 0.0203. The molecule has 1 saturated heterocycles. The zero-order valence-corrected chi connectivity index (χ0v) is 21.4. The predicted molar refractivity (Wildman–Crippen MR) is 134 cm³/mol. The number of piperidine rings is 1. The van der Waals surface area contributed by atoms with Crippen LogP contribution in [0, 0.1) is 0 Å². The minimum Gasteiger partial charge on any atom is -0.444 e. The molecule has 2 amide bonds. The number of likely N-dealkylation sites (tertiary alicyclic amines) is 1. The Balaban J connectivity index is 1.28. The number of ether oxygens (including phenoxy) is 1. The molecule has 0 spiro atoms. The number of imidazole rings is 1. The van der Waals surface area contributed by atoms with E-state index in [1.807, 2.05) is 20.8 Å². The Morgan fingerprint density at radius 2 is 1.78 bits per heavy atom. The van der Waals surface area contributed by atoms with Crippen molar-refractivity contribution in [3.8, 4) is 0 Å². The molecule has 1 aromatic carbocycles. The van der Waals surface area contributed by atoms with E-state index in [2.05, 4.69) is 15.0 Å². The second-order valence-electron chi connectivity index (χ2n) is 9.80. The molecule has 0 radical (unpaired) electrons. The van der Waals surface area contributed by atoms with Gasteiger partial charge in [0.2, 0.25) is 10.0 Å². The Kier molecular flexibility index (Phi) is 7.32. The van der Waals surface area contributed by atoms with Crippen molar-refractivity contribution in [2.45, 2.75) is 56.7 Å². The lowest BCUT2D eigenvalue weighted by atomic mass is 10.1. The fourth-order valence-electron chi connectivity index (χ4n) is 3.92. The van der Waals surface area contributed by atoms with Crippen LogP contribution in [0.2, 0.25) is 0 Å². The molecule has 1 aliphatic rings. The van der Waals surface area contributed by atoms with Crippen LogP contribution in [-0.4, -0.2) is 59.4 Å². The van der Waals surface area contributed by atoms with Crippen molar-refractivity contribution in [2.75, 3.05) is 13.1 Å². The van der Waals surface area contributed by atoms with Gasteiger partial charge in [-0.25, -0.2) is 22.9 Å². The zero-order valence-electron chi connectivity index (χ0n) is 20.6. The van der Waals surface area contributed by atoms with Crippen LogP contribution < -0.4 is 10.0 Å². The largest absolute Gasteiger partial charge is 0.444 e. The maximum Gasteiger partial charge on any atom is 0.410 e. The van der Waals surface area contributed by atoms with Gasteiger partial charge in [-0.3, -0.25) is 4.79 Å². The molecule has 4 rings (SSSR count). The van der Waals surface area contributed by atoms with Crippen LogP contribution in [0.1, 0.15) is 49.5 Å². The van der Waals surface area contributed by atoms with Crippen LogP contribution in [0.5, 0.6) is 0 Å². The molecule has 0 atom stereocenters. The van der Waals surface area contributed by atoms with Crippen LogP contribution in [0.25, 0.3) is 5.65 Å². The summed E-state index contributed by atoms with van der Waals surface area (Å²) >= 11 is 0. The third kappa shape index (κ3) is 6.41. The first-order chi connectivity index (χ1) is 17.0. The van der Waals surface area contributed by atoms with E-state index in [4.69, 9.17) is 4.74 Å². The summed E-state index contributed by atoms with van der Waals surface area (Å²) in [6.45, 7) is 6.55. The topological polar surface area (TPSA) is 122 Å². The van der Waals surface area contributed by atoms with E-state index in [-0.39, 0.29) is 29.5 Å². The third-order valence-corrected chi connectivity index (χ3v) is 7.34. The van der Waals surface area contributed by atoms with E-state index in [1.54, 1.807) is 52.2 Å². The van der Waals surface area contributed by atoms with Crippen molar-refractivity contribution in [3.05, 3.63) is 66.1 Å². The number of benzene rings is 1. The molecular formula is C25H31N5O5S. The summed E-state index contributed by atoms with van der Waals surface area (Å²) in [5.41, 5.74) is 1.46. The number of hydrogen-bond donors (Lipinski definition) is 2. The van der Waals surface area contributed by atoms with E-state index in [0.29, 0.717) is 31.5 Å². The van der Waals surface area contributed by atoms with Crippen LogP contribution in [0.3, 0.4) is 0 Å². The number of fused-ring (bicyclic) bond motifs is 1. The SMILES string of the molecule is CC(C)(C)OC(=O)N1CCC(NS(=O)(=O)c2ccc(CNC(=O)c3ccc4nccn4c3)cc2)CC1. The number of pyridine rings is 1. The lowest BCUT2D eigenvalue weighted by Crippen LogP contribution is -2.47. The van der Waals surface area contributed by atoms with E-state index in [1.165, 1.54) is 12.1 Å². The van der Waals surface area contributed by atoms with E-state index in [9.17, 15) is 18.0 Å². The number of amides is 2. The molecule has 2 aromatic heterocycles. The first-order valence-electron chi connectivity index (χ1n) is 11.8. The summed E-state index contributed by atoms with van der Waals surface area (Å²) in [5.74, 6) is -0.235. The van der Waals surface area contributed by atoms with Crippen molar-refractivity contribution in [3.63, 3.8) is 0 Å². The minimum atomic E-state index is -3.71. The normalized spacial score (nSPS) is 15.1. The van der Waals surface area contributed by atoms with Crippen molar-refractivity contribution in [1.82, 2.24) is 24.3 Å². The Morgan fingerprint density at radius 1 is 1.08 bits per heavy atom. The monoisotopic (exact) mass is 513 g/mol. The first kappa shape index (κ1) is 25.6. The summed E-state index contributed by atoms with van der Waals surface area (Å²) in [6.07, 6.45) is 5.77. The average Bonchev–Trinajstić information content (AvgIpc) is 3.30. The van der Waals surface area contributed by atoms with Crippen molar-refractivity contribution in [1.29, 1.82) is 0 Å². The van der Waals surface area contributed by atoms with Gasteiger partial charge < -0.3 is 19.4 Å². The smallest absolute Gasteiger partial charge is 0.410 e. The highest BCUT2D eigenvalue weighted by Gasteiger charge is 2.29. The molecular weight excluding hydrogens is 482 g/mol. The van der Waals surface area contributed by atoms with Crippen molar-refractivity contribution < 1.29 is 22.7 Å². The molecule has 11 heteroatoms. The number of carbonyl (C=O) groups is 2. The molecule has 36 heavy (non-hydrogen) atoms. The third-order valence-electron chi connectivity index (χ3n) is 5.81. The molecule has 0 saturated carbocycles. The summed E-state index contributed by atoms with van der Waals surface area (Å²) in [5, 5.41) is 2.84. The van der Waals surface area contributed by atoms with Crippen LogP contribution in [0.4, 0.5) is 4.79 Å². The van der Waals surface area contributed by atoms with Gasteiger partial charge in [-0.1, -0.05) is 12.1 Å². The van der Waals surface area contributed by atoms with Gasteiger partial charge >= 0.3 is 6.09 Å². The standard InChI is InChI=1S/C25H31N5O5S/c1-25(2,3)35-24(32)29-13-10-20(11-14-29)28-36(33,34)21-7-4-18(5-8-21)16-27-23(31)19-6-9-22-26-12-15-30(22)17-19/h4-9,12,15,17,20,28H,10-11,13-14,16H2,1-3H3,(H,27,31). The number of carbonyl (C=O) groups excluding carboxylic acids is 2. The minimum absolute atomic E-state index is 0.151. The van der Waals surface area contributed by atoms with Crippen molar-refractivity contribution in [2.24, 2.45) is 0 Å². The lowest BCUT2D eigenvalue weighted by Gasteiger charge is -2.33. The Bertz CT molecular complexity index is 1340. The molecule has 192 valence electrons. The number of aromatic nitrogens is 2. The fourth-order valence-corrected chi connectivity index (χ4v) is 5.22. The fraction of sp³-hybridized carbons (Fsp3) is 0.400. The van der Waals surface area contributed by atoms with Gasteiger partial charge in [-0.2, -0.15) is 0 Å². The predicted octanol–water partition coefficient (Wildman–Crippen LogP) is 2.94. The van der Waals surface area contributed by atoms with Gasteiger partial charge in [0.15, 0.2) is 0 Å². The Labute approximate surface area is 210 Å². The zero-order chi connectivity index (χ0) is 25.9. The summed E-state index contributed by atoms with van der Waals surface area (Å²) in [7, 11) is -3.71. The highest BCUT2D eigenvalue weighted by Crippen LogP contribution is 2.18. The first-order valence-corrected chi connectivity index (χ1v) is 13.3. The van der Waals surface area contributed by atoms with E-state index in [0.717, 1.165) is 11.2 Å². The van der Waals surface area contributed by atoms with E-state index >= 15 is 0 Å². The molecule has 3 aromatic rings. The number of rotatable bonds is 6. The average molecular weight is 514 g/mol. The number of sulfonamides is 1. The van der Waals surface area contributed by atoms with E-state index < -0.39 is 15.6 Å². The number of nitrogens with zero attached hydrogens (tertiary/aromatic N) is 3. The molecule has 1 aliphatic heterocycles. The Morgan fingerprint density at radius 3 is 2.44 bits per heavy atom. The highest BCUT2D eigenvalue weighted by molar-refractivity contribution is 7.89. The van der Waals surface area contributed by atoms with Gasteiger partial charge in [0.05, 0.1) is 10.5 Å². The molecule has 3 heterocycles. The quantitative estimate of drug-likeness (QED) is 0.523. The molecule has 0 aliphatic carbocycles. The summed E-state index contributed by atoms with van der Waals surface area (Å²) < 4.78 is 35.6. The van der Waals surface area contributed by atoms with Crippen molar-refractivity contribution >= 4 is 27.7 Å². The van der Waals surface area contributed by atoms with Crippen LogP contribution in [-0.2, 0) is 21.3 Å². The molecule has 2 N–H and O–H groups in total. The number of hydrogen-bond acceptors (Lipinski definition) is 6. The maximum atomic E-state index is 12.9. The second kappa shape index (κ2) is 10.3. The molecule has 1 fully saturated rings. The van der Waals surface area contributed by atoms with Crippen LogP contribution >= 0.6 is 0 Å². The summed E-state index contributed by atoms with van der Waals surface area (Å²) in [4.78, 5) is 30.6. The van der Waals surface area contributed by atoms with Gasteiger partial charge in [-0.05, 0) is 63.4 Å². The number of nitrogens with one attached hydrogen (secondary N) is 2. The van der Waals surface area contributed by atoms with Crippen LogP contribution in [0.15, 0.2) is 59.9 Å². The molecule has 0 bridgehead atoms. The highest BCUT2D eigenvalue weighted by atomic mass is 32.2. The molecule has 10 nitrogen and oxygen atoms in total. The second-order valence-corrected chi connectivity index (χ2v) is 11.5. The van der Waals surface area contributed by atoms with Gasteiger partial charge in [-0.15, -0.1) is 0 Å². The van der Waals surface area contributed by atoms with Gasteiger partial charge in [0, 0.05) is 44.3 Å².